The molecule has 0 amide bonds. The summed E-state index contributed by atoms with van der Waals surface area (Å²) in [5.41, 5.74) is -2.24. The van der Waals surface area contributed by atoms with Crippen molar-refractivity contribution >= 4 is 6.29 Å². The molecule has 0 spiro atoms. The van der Waals surface area contributed by atoms with Crippen molar-refractivity contribution in [3.8, 4) is 0 Å². The first-order valence-corrected chi connectivity index (χ1v) is 4.55. The van der Waals surface area contributed by atoms with E-state index in [-0.39, 0.29) is 12.8 Å². The number of carbonyl (C=O) groups is 1. The number of methoxy groups -OCH3 is 1. The second kappa shape index (κ2) is 3.88. The van der Waals surface area contributed by atoms with E-state index in [4.69, 9.17) is 0 Å². The molecule has 82 valence electrons. The van der Waals surface area contributed by atoms with Crippen molar-refractivity contribution in [3.05, 3.63) is 0 Å². The molecule has 0 aliphatic heterocycles. The van der Waals surface area contributed by atoms with E-state index < -0.39 is 17.7 Å². The largest absolute Gasteiger partial charge is 0.418 e. The number of alkyl halides is 3. The van der Waals surface area contributed by atoms with Crippen LogP contribution in [0.4, 0.5) is 13.2 Å². The molecule has 0 heterocycles. The van der Waals surface area contributed by atoms with Crippen LogP contribution in [0, 0.1) is 5.92 Å². The third-order valence-corrected chi connectivity index (χ3v) is 2.92. The summed E-state index contributed by atoms with van der Waals surface area (Å²) in [5.74, 6) is -1.05. The molecule has 0 N–H and O–H groups in total. The van der Waals surface area contributed by atoms with Crippen LogP contribution in [0.5, 0.6) is 0 Å². The van der Waals surface area contributed by atoms with Crippen molar-refractivity contribution in [3.63, 3.8) is 0 Å². The zero-order valence-corrected chi connectivity index (χ0v) is 7.93. The maximum Gasteiger partial charge on any atom is 0.418 e. The number of rotatable bonds is 2. The maximum atomic E-state index is 12.8. The first-order chi connectivity index (χ1) is 6.48. The van der Waals surface area contributed by atoms with Crippen LogP contribution in [0.1, 0.15) is 25.7 Å². The molecule has 14 heavy (non-hydrogen) atoms. The molecule has 1 saturated carbocycles. The Balaban J connectivity index is 2.99. The summed E-state index contributed by atoms with van der Waals surface area (Å²) in [6, 6.07) is 0. The van der Waals surface area contributed by atoms with Gasteiger partial charge in [-0.3, -0.25) is 0 Å². The molecule has 0 saturated heterocycles. The minimum atomic E-state index is -4.46. The Morgan fingerprint density at radius 2 is 2.07 bits per heavy atom. The van der Waals surface area contributed by atoms with Crippen LogP contribution in [0.2, 0.25) is 0 Å². The molecule has 0 aromatic rings. The van der Waals surface area contributed by atoms with E-state index >= 15 is 0 Å². The van der Waals surface area contributed by atoms with E-state index in [1.54, 1.807) is 0 Å². The molecule has 0 bridgehead atoms. The minimum Gasteiger partial charge on any atom is -0.368 e. The number of hydrogen-bond donors (Lipinski definition) is 0. The van der Waals surface area contributed by atoms with Crippen molar-refractivity contribution in [2.24, 2.45) is 5.92 Å². The van der Waals surface area contributed by atoms with Crippen molar-refractivity contribution in [2.75, 3.05) is 7.11 Å². The highest BCUT2D eigenvalue weighted by atomic mass is 19.4. The summed E-state index contributed by atoms with van der Waals surface area (Å²) in [6.45, 7) is 0. The molecular formula is C9H13F3O2. The average molecular weight is 210 g/mol. The van der Waals surface area contributed by atoms with Crippen molar-refractivity contribution < 1.29 is 22.7 Å². The van der Waals surface area contributed by atoms with Crippen LogP contribution >= 0.6 is 0 Å². The fourth-order valence-electron chi connectivity index (χ4n) is 2.07. The standard InChI is InChI=1S/C9H13F3O2/c1-14-8(9(10,11)12)5-3-2-4-7(8)6-13/h6-7H,2-5H2,1H3. The lowest BCUT2D eigenvalue weighted by molar-refractivity contribution is -0.292. The minimum absolute atomic E-state index is 0.115. The zero-order chi connectivity index (χ0) is 10.8. The maximum absolute atomic E-state index is 12.8. The lowest BCUT2D eigenvalue weighted by Crippen LogP contribution is -2.55. The van der Waals surface area contributed by atoms with Gasteiger partial charge in [0.1, 0.15) is 6.29 Å². The molecular weight excluding hydrogens is 197 g/mol. The number of carbonyl (C=O) groups excluding carboxylic acids is 1. The smallest absolute Gasteiger partial charge is 0.368 e. The molecule has 0 aromatic carbocycles. The van der Waals surface area contributed by atoms with Crippen LogP contribution in [0.15, 0.2) is 0 Å². The van der Waals surface area contributed by atoms with Crippen molar-refractivity contribution in [2.45, 2.75) is 37.5 Å². The average Bonchev–Trinajstić information content (AvgIpc) is 2.15. The van der Waals surface area contributed by atoms with Gasteiger partial charge < -0.3 is 9.53 Å². The van der Waals surface area contributed by atoms with Crippen LogP contribution in [-0.2, 0) is 9.53 Å². The summed E-state index contributed by atoms with van der Waals surface area (Å²) in [6.07, 6.45) is -2.83. The van der Waals surface area contributed by atoms with Crippen LogP contribution < -0.4 is 0 Å². The van der Waals surface area contributed by atoms with Gasteiger partial charge in [-0.2, -0.15) is 13.2 Å². The normalized spacial score (nSPS) is 34.1. The monoisotopic (exact) mass is 210 g/mol. The van der Waals surface area contributed by atoms with E-state index in [2.05, 4.69) is 4.74 Å². The van der Waals surface area contributed by atoms with Gasteiger partial charge in [0.25, 0.3) is 0 Å². The molecule has 5 heteroatoms. The van der Waals surface area contributed by atoms with E-state index in [0.29, 0.717) is 19.1 Å². The highest BCUT2D eigenvalue weighted by Crippen LogP contribution is 2.46. The third-order valence-electron chi connectivity index (χ3n) is 2.92. The van der Waals surface area contributed by atoms with Gasteiger partial charge in [-0.25, -0.2) is 0 Å². The fourth-order valence-corrected chi connectivity index (χ4v) is 2.07. The number of ether oxygens (including phenoxy) is 1. The van der Waals surface area contributed by atoms with Gasteiger partial charge in [-0.15, -0.1) is 0 Å². The van der Waals surface area contributed by atoms with Crippen LogP contribution in [-0.4, -0.2) is 25.2 Å². The van der Waals surface area contributed by atoms with Crippen molar-refractivity contribution in [1.82, 2.24) is 0 Å². The summed E-state index contributed by atoms with van der Waals surface area (Å²) < 4.78 is 42.8. The Bertz CT molecular complexity index is 215. The van der Waals surface area contributed by atoms with Crippen LogP contribution in [0.3, 0.4) is 0 Å². The third kappa shape index (κ3) is 1.65. The predicted molar refractivity (Wildman–Crippen MR) is 43.8 cm³/mol. The summed E-state index contributed by atoms with van der Waals surface area (Å²) in [5, 5.41) is 0. The molecule has 2 atom stereocenters. The number of hydrogen-bond acceptors (Lipinski definition) is 2. The predicted octanol–water partition coefficient (Wildman–Crippen LogP) is 2.32. The summed E-state index contributed by atoms with van der Waals surface area (Å²) >= 11 is 0. The first-order valence-electron chi connectivity index (χ1n) is 4.55. The summed E-state index contributed by atoms with van der Waals surface area (Å²) in [4.78, 5) is 10.6. The molecule has 1 fully saturated rings. The lowest BCUT2D eigenvalue weighted by atomic mass is 9.75. The van der Waals surface area contributed by atoms with Gasteiger partial charge in [0.15, 0.2) is 5.60 Å². The second-order valence-electron chi connectivity index (χ2n) is 3.58. The van der Waals surface area contributed by atoms with E-state index in [1.165, 1.54) is 0 Å². The Kier molecular flexibility index (Phi) is 3.19. The topological polar surface area (TPSA) is 26.3 Å². The highest BCUT2D eigenvalue weighted by molar-refractivity contribution is 5.56. The van der Waals surface area contributed by atoms with Gasteiger partial charge in [-0.05, 0) is 12.8 Å². The van der Waals surface area contributed by atoms with E-state index in [0.717, 1.165) is 7.11 Å². The Hall–Kier alpha value is -0.580. The first kappa shape index (κ1) is 11.5. The molecule has 0 radical (unpaired) electrons. The zero-order valence-electron chi connectivity index (χ0n) is 7.93. The van der Waals surface area contributed by atoms with Gasteiger partial charge in [-0.1, -0.05) is 12.8 Å². The second-order valence-corrected chi connectivity index (χ2v) is 3.58. The summed E-state index contributed by atoms with van der Waals surface area (Å²) in [7, 11) is 1.02. The number of halogens is 3. The molecule has 0 aromatic heterocycles. The molecule has 1 rings (SSSR count). The van der Waals surface area contributed by atoms with Crippen LogP contribution in [0.25, 0.3) is 0 Å². The molecule has 2 nitrogen and oxygen atoms in total. The van der Waals surface area contributed by atoms with Gasteiger partial charge in [0.05, 0.1) is 5.92 Å². The van der Waals surface area contributed by atoms with Gasteiger partial charge >= 0.3 is 6.18 Å². The Labute approximate surface area is 80.4 Å². The van der Waals surface area contributed by atoms with Gasteiger partial charge in [0, 0.05) is 7.11 Å². The lowest BCUT2D eigenvalue weighted by Gasteiger charge is -2.41. The SMILES string of the molecule is COC1(C(F)(F)F)CCCCC1C=O. The Morgan fingerprint density at radius 1 is 1.43 bits per heavy atom. The highest BCUT2D eigenvalue weighted by Gasteiger charge is 2.60. The fraction of sp³-hybridized carbons (Fsp3) is 0.889. The molecule has 2 unspecified atom stereocenters. The van der Waals surface area contributed by atoms with E-state index in [9.17, 15) is 18.0 Å². The molecule has 1 aliphatic rings. The molecule has 1 aliphatic carbocycles. The van der Waals surface area contributed by atoms with Crippen molar-refractivity contribution in [1.29, 1.82) is 0 Å². The quantitative estimate of drug-likeness (QED) is 0.654. The van der Waals surface area contributed by atoms with Gasteiger partial charge in [0.2, 0.25) is 0 Å². The number of aldehydes is 1. The Morgan fingerprint density at radius 3 is 2.43 bits per heavy atom. The van der Waals surface area contributed by atoms with E-state index in [1.807, 2.05) is 0 Å².